The van der Waals surface area contributed by atoms with Gasteiger partial charge in [0.05, 0.1) is 0 Å². The normalized spacial score (nSPS) is 12.7. The Hall–Kier alpha value is -1.75. The first kappa shape index (κ1) is 8.83. The highest BCUT2D eigenvalue weighted by Gasteiger charge is 2.13. The second-order valence-corrected chi connectivity index (χ2v) is 2.93. The molecule has 0 saturated carbocycles. The second-order valence-electron chi connectivity index (χ2n) is 2.93. The number of tetrazole rings is 1. The highest BCUT2D eigenvalue weighted by atomic mass is 16.3. The summed E-state index contributed by atoms with van der Waals surface area (Å²) in [6.45, 7) is 3.77. The number of rotatable bonds is 2. The molecular weight excluding hydrogens is 180 g/mol. The lowest BCUT2D eigenvalue weighted by molar-refractivity contribution is 0.210. The van der Waals surface area contributed by atoms with Crippen molar-refractivity contribution in [2.75, 3.05) is 0 Å². The molecule has 1 heterocycles. The van der Waals surface area contributed by atoms with E-state index in [0.717, 1.165) is 11.1 Å². The largest absolute Gasteiger partial charge is 0.380 e. The lowest BCUT2D eigenvalue weighted by Crippen LogP contribution is -2.02. The van der Waals surface area contributed by atoms with Crippen LogP contribution in [0.5, 0.6) is 0 Å². The summed E-state index contributed by atoms with van der Waals surface area (Å²) in [5.41, 5.74) is 1.56. The minimum absolute atomic E-state index is 0.329. The molecular formula is C9H9N4O. The summed E-state index contributed by atoms with van der Waals surface area (Å²) >= 11 is 0. The quantitative estimate of drug-likeness (QED) is 0.719. The van der Waals surface area contributed by atoms with Gasteiger partial charge in [-0.2, -0.15) is 0 Å². The summed E-state index contributed by atoms with van der Waals surface area (Å²) in [6, 6.07) is 7.26. The maximum absolute atomic E-state index is 9.80. The van der Waals surface area contributed by atoms with E-state index in [9.17, 15) is 5.11 Å². The molecule has 71 valence electrons. The average Bonchev–Trinajstić information content (AvgIpc) is 2.69. The van der Waals surface area contributed by atoms with E-state index in [0.29, 0.717) is 5.82 Å². The van der Waals surface area contributed by atoms with Gasteiger partial charge in [0, 0.05) is 0 Å². The Kier molecular flexibility index (Phi) is 2.24. The van der Waals surface area contributed by atoms with Crippen molar-refractivity contribution >= 4 is 0 Å². The van der Waals surface area contributed by atoms with Crippen LogP contribution in [0.1, 0.15) is 23.1 Å². The summed E-state index contributed by atoms with van der Waals surface area (Å²) in [5.74, 6) is 0.329. The number of nitrogens with zero attached hydrogens (tertiary/aromatic N) is 3. The van der Waals surface area contributed by atoms with E-state index < -0.39 is 6.10 Å². The number of nitrogens with one attached hydrogen (secondary N) is 1. The van der Waals surface area contributed by atoms with E-state index in [2.05, 4.69) is 27.5 Å². The van der Waals surface area contributed by atoms with E-state index in [1.165, 1.54) is 0 Å². The number of aliphatic hydroxyl groups is 1. The van der Waals surface area contributed by atoms with Gasteiger partial charge in [-0.15, -0.1) is 5.10 Å². The van der Waals surface area contributed by atoms with Gasteiger partial charge >= 0.3 is 0 Å². The summed E-state index contributed by atoms with van der Waals surface area (Å²) in [4.78, 5) is 0. The van der Waals surface area contributed by atoms with Crippen molar-refractivity contribution in [3.63, 3.8) is 0 Å². The molecule has 0 bridgehead atoms. The number of H-pyrrole nitrogens is 1. The standard InChI is InChI=1S/C9H9N4O/c1-6-3-2-4-7(5-6)8(14)9-10-12-13-11-9/h2-5,8,14H,1H2,(H,10,11,12,13). The van der Waals surface area contributed by atoms with Crippen LogP contribution in [0.2, 0.25) is 0 Å². The fourth-order valence-corrected chi connectivity index (χ4v) is 1.20. The van der Waals surface area contributed by atoms with E-state index in [1.807, 2.05) is 12.1 Å². The Morgan fingerprint density at radius 2 is 2.29 bits per heavy atom. The molecule has 5 heteroatoms. The number of hydrogen-bond donors (Lipinski definition) is 2. The summed E-state index contributed by atoms with van der Waals surface area (Å²) in [7, 11) is 0. The van der Waals surface area contributed by atoms with Crippen LogP contribution in [-0.4, -0.2) is 25.7 Å². The van der Waals surface area contributed by atoms with Crippen LogP contribution < -0.4 is 0 Å². The van der Waals surface area contributed by atoms with Gasteiger partial charge in [-0.1, -0.05) is 24.3 Å². The second kappa shape index (κ2) is 3.55. The molecule has 0 amide bonds. The van der Waals surface area contributed by atoms with Crippen molar-refractivity contribution in [2.24, 2.45) is 0 Å². The zero-order chi connectivity index (χ0) is 9.97. The molecule has 1 radical (unpaired) electrons. The van der Waals surface area contributed by atoms with Crippen molar-refractivity contribution in [3.05, 3.63) is 48.1 Å². The van der Waals surface area contributed by atoms with Crippen LogP contribution in [0.15, 0.2) is 24.3 Å². The number of hydrogen-bond acceptors (Lipinski definition) is 4. The van der Waals surface area contributed by atoms with Gasteiger partial charge in [0.15, 0.2) is 5.82 Å². The highest BCUT2D eigenvalue weighted by molar-refractivity contribution is 5.29. The molecule has 14 heavy (non-hydrogen) atoms. The first-order valence-corrected chi connectivity index (χ1v) is 4.11. The number of aromatic amines is 1. The molecule has 1 aromatic carbocycles. The van der Waals surface area contributed by atoms with Crippen LogP contribution in [-0.2, 0) is 0 Å². The Morgan fingerprint density at radius 3 is 2.93 bits per heavy atom. The Bertz CT molecular complexity index is 413. The molecule has 0 aliphatic rings. The van der Waals surface area contributed by atoms with Crippen molar-refractivity contribution in [1.29, 1.82) is 0 Å². The maximum Gasteiger partial charge on any atom is 0.182 e. The monoisotopic (exact) mass is 189 g/mol. The number of aliphatic hydroxyl groups excluding tert-OH is 1. The third-order valence-corrected chi connectivity index (χ3v) is 1.89. The Balaban J connectivity index is 2.32. The van der Waals surface area contributed by atoms with Crippen LogP contribution in [0.4, 0.5) is 0 Å². The molecule has 5 nitrogen and oxygen atoms in total. The first-order chi connectivity index (χ1) is 6.77. The maximum atomic E-state index is 9.80. The van der Waals surface area contributed by atoms with E-state index >= 15 is 0 Å². The van der Waals surface area contributed by atoms with Crippen molar-refractivity contribution in [2.45, 2.75) is 6.10 Å². The van der Waals surface area contributed by atoms with Gasteiger partial charge in [-0.3, -0.25) is 0 Å². The van der Waals surface area contributed by atoms with Crippen LogP contribution in [0.25, 0.3) is 0 Å². The SMILES string of the molecule is [CH2]c1cccc(C(O)c2nnn[nH]2)c1. The van der Waals surface area contributed by atoms with E-state index in [4.69, 9.17) is 0 Å². The van der Waals surface area contributed by atoms with Gasteiger partial charge < -0.3 is 5.11 Å². The molecule has 1 aromatic heterocycles. The number of benzene rings is 1. The average molecular weight is 189 g/mol. The lowest BCUT2D eigenvalue weighted by atomic mass is 10.1. The molecule has 0 fully saturated rings. The van der Waals surface area contributed by atoms with Crippen molar-refractivity contribution < 1.29 is 5.11 Å². The van der Waals surface area contributed by atoms with E-state index in [1.54, 1.807) is 12.1 Å². The molecule has 0 aliphatic heterocycles. The fourth-order valence-electron chi connectivity index (χ4n) is 1.20. The molecule has 0 saturated heterocycles. The van der Waals surface area contributed by atoms with Gasteiger partial charge in [-0.05, 0) is 28.5 Å². The summed E-state index contributed by atoms with van der Waals surface area (Å²) in [6.07, 6.45) is -0.827. The third-order valence-electron chi connectivity index (χ3n) is 1.89. The van der Waals surface area contributed by atoms with Gasteiger partial charge in [0.2, 0.25) is 0 Å². The molecule has 1 unspecified atom stereocenters. The van der Waals surface area contributed by atoms with Crippen LogP contribution in [0.3, 0.4) is 0 Å². The minimum atomic E-state index is -0.827. The zero-order valence-electron chi connectivity index (χ0n) is 7.38. The highest BCUT2D eigenvalue weighted by Crippen LogP contribution is 2.18. The summed E-state index contributed by atoms with van der Waals surface area (Å²) in [5, 5.41) is 22.7. The third kappa shape index (κ3) is 1.62. The summed E-state index contributed by atoms with van der Waals surface area (Å²) < 4.78 is 0. The zero-order valence-corrected chi connectivity index (χ0v) is 7.38. The fraction of sp³-hybridized carbons (Fsp3) is 0.111. The minimum Gasteiger partial charge on any atom is -0.380 e. The van der Waals surface area contributed by atoms with E-state index in [-0.39, 0.29) is 0 Å². The molecule has 0 spiro atoms. The van der Waals surface area contributed by atoms with Gasteiger partial charge in [0.1, 0.15) is 6.10 Å². The van der Waals surface area contributed by atoms with Gasteiger partial charge in [-0.25, -0.2) is 5.10 Å². The van der Waals surface area contributed by atoms with Crippen molar-refractivity contribution in [3.8, 4) is 0 Å². The first-order valence-electron chi connectivity index (χ1n) is 4.11. The Labute approximate surface area is 80.8 Å². The predicted octanol–water partition coefficient (Wildman–Crippen LogP) is 0.464. The molecule has 2 N–H and O–H groups in total. The molecule has 1 atom stereocenters. The number of aromatic nitrogens is 4. The molecule has 2 aromatic rings. The van der Waals surface area contributed by atoms with Crippen LogP contribution in [0, 0.1) is 6.92 Å². The van der Waals surface area contributed by atoms with Gasteiger partial charge in [0.25, 0.3) is 0 Å². The smallest absolute Gasteiger partial charge is 0.182 e. The lowest BCUT2D eigenvalue weighted by Gasteiger charge is -2.06. The molecule has 0 aliphatic carbocycles. The predicted molar refractivity (Wildman–Crippen MR) is 49.1 cm³/mol. The van der Waals surface area contributed by atoms with Crippen LogP contribution >= 0.6 is 0 Å². The molecule has 2 rings (SSSR count). The Morgan fingerprint density at radius 1 is 1.43 bits per heavy atom. The van der Waals surface area contributed by atoms with Crippen molar-refractivity contribution in [1.82, 2.24) is 20.6 Å². The topological polar surface area (TPSA) is 74.7 Å².